The number of nitrogens with zero attached hydrogens (tertiary/aromatic N) is 3. The fourth-order valence-electron chi connectivity index (χ4n) is 8.36. The van der Waals surface area contributed by atoms with Gasteiger partial charge in [-0.1, -0.05) is 26.8 Å². The minimum Gasteiger partial charge on any atom is -0.497 e. The molecule has 2 aromatic heterocycles. The van der Waals surface area contributed by atoms with Crippen molar-refractivity contribution in [1.29, 1.82) is 0 Å². The number of benzene rings is 1. The molecule has 2 saturated carbocycles. The molecule has 0 spiro atoms. The van der Waals surface area contributed by atoms with Gasteiger partial charge in [-0.05, 0) is 69.4 Å². The van der Waals surface area contributed by atoms with Crippen molar-refractivity contribution in [1.82, 2.24) is 14.9 Å². The van der Waals surface area contributed by atoms with Crippen LogP contribution in [0.2, 0.25) is 0 Å². The number of thiazole rings is 1. The Hall–Kier alpha value is -4.33. The number of rotatable bonds is 17. The second-order valence-electron chi connectivity index (χ2n) is 17.3. The van der Waals surface area contributed by atoms with Crippen molar-refractivity contribution in [2.24, 2.45) is 23.0 Å². The molecule has 314 valence electrons. The molecular formula is C42H56N5O9PS. The van der Waals surface area contributed by atoms with Crippen molar-refractivity contribution in [2.75, 3.05) is 25.1 Å². The number of aromatic nitrogens is 2. The van der Waals surface area contributed by atoms with Crippen molar-refractivity contribution in [3.63, 3.8) is 0 Å². The molecule has 6 rings (SSSR count). The molecule has 3 heterocycles. The van der Waals surface area contributed by atoms with E-state index in [2.05, 4.69) is 11.9 Å². The van der Waals surface area contributed by atoms with Crippen LogP contribution in [0.1, 0.15) is 86.0 Å². The molecule has 3 aromatic rings. The quantitative estimate of drug-likeness (QED) is 0.0737. The number of hydrogen-bond donors (Lipinski definition) is 3. The van der Waals surface area contributed by atoms with Crippen LogP contribution in [0.4, 0.5) is 5.13 Å². The molecule has 0 bridgehead atoms. The zero-order valence-electron chi connectivity index (χ0n) is 34.2. The molecule has 4 N–H and O–H groups in total. The number of ether oxygens (including phenoxy) is 3. The molecule has 3 fully saturated rings. The second-order valence-corrected chi connectivity index (χ2v) is 20.8. The SMILES string of the molecule is C=C[C@@H]1C[C@]1(CC(=O)[C@@H]1C[C@@H](Oc2cc(-c3csc(NC(C)C)n3)nc3cc(OC)ccc23)CN1C(=O)[C@@H](CC(=O)OC1CCCC1)C(C)(C)C)P(=O)(O)CC(N)=O. The lowest BCUT2D eigenvalue weighted by Crippen LogP contribution is -2.48. The summed E-state index contributed by atoms with van der Waals surface area (Å²) in [5, 5.41) is 5.21. The van der Waals surface area contributed by atoms with Gasteiger partial charge < -0.3 is 35.1 Å². The number of primary amides is 1. The smallest absolute Gasteiger partial charge is 0.306 e. The molecule has 2 aliphatic carbocycles. The molecule has 3 aliphatic rings. The van der Waals surface area contributed by atoms with Gasteiger partial charge in [-0.2, -0.15) is 0 Å². The average Bonchev–Trinajstić information content (AvgIpc) is 3.54. The van der Waals surface area contributed by atoms with Crippen LogP contribution in [0.5, 0.6) is 11.5 Å². The summed E-state index contributed by atoms with van der Waals surface area (Å²) in [7, 11) is -2.70. The number of ketones is 1. The maximum atomic E-state index is 14.8. The van der Waals surface area contributed by atoms with Crippen LogP contribution in [0.15, 0.2) is 42.3 Å². The van der Waals surface area contributed by atoms with Gasteiger partial charge >= 0.3 is 5.97 Å². The molecule has 1 saturated heterocycles. The van der Waals surface area contributed by atoms with Gasteiger partial charge in [0.2, 0.25) is 19.2 Å². The summed E-state index contributed by atoms with van der Waals surface area (Å²) in [5.41, 5.74) is 6.45. The molecule has 6 atom stereocenters. The van der Waals surface area contributed by atoms with Crippen LogP contribution in [0.25, 0.3) is 22.3 Å². The average molecular weight is 838 g/mol. The van der Waals surface area contributed by atoms with Gasteiger partial charge in [0.15, 0.2) is 10.9 Å². The van der Waals surface area contributed by atoms with Gasteiger partial charge in [0, 0.05) is 41.8 Å². The third kappa shape index (κ3) is 9.42. The summed E-state index contributed by atoms with van der Waals surface area (Å²) in [6.45, 7) is 13.5. The fourth-order valence-corrected chi connectivity index (χ4v) is 11.5. The number of anilines is 1. The number of pyridine rings is 1. The van der Waals surface area contributed by atoms with Crippen LogP contribution in [0.3, 0.4) is 0 Å². The van der Waals surface area contributed by atoms with E-state index in [9.17, 15) is 28.6 Å². The number of allylic oxidation sites excluding steroid dienone is 1. The third-order valence-electron chi connectivity index (χ3n) is 11.6. The van der Waals surface area contributed by atoms with Crippen LogP contribution in [-0.2, 0) is 28.5 Å². The number of carbonyl (C=O) groups is 4. The Bertz CT molecular complexity index is 2110. The molecule has 1 unspecified atom stereocenters. The molecule has 1 aromatic carbocycles. The van der Waals surface area contributed by atoms with E-state index in [1.54, 1.807) is 25.3 Å². The largest absolute Gasteiger partial charge is 0.497 e. The maximum Gasteiger partial charge on any atom is 0.306 e. The lowest BCUT2D eigenvalue weighted by Gasteiger charge is -2.35. The van der Waals surface area contributed by atoms with Crippen LogP contribution in [-0.4, -0.2) is 92.6 Å². The number of hydrogen-bond acceptors (Lipinski definition) is 12. The lowest BCUT2D eigenvalue weighted by atomic mass is 9.77. The minimum absolute atomic E-state index is 0.00388. The van der Waals surface area contributed by atoms with Crippen molar-refractivity contribution in [3.8, 4) is 22.9 Å². The van der Waals surface area contributed by atoms with Crippen LogP contribution in [0, 0.1) is 17.3 Å². The highest BCUT2D eigenvalue weighted by molar-refractivity contribution is 7.61. The predicted octanol–water partition coefficient (Wildman–Crippen LogP) is 6.73. The Kier molecular flexibility index (Phi) is 12.8. The van der Waals surface area contributed by atoms with Gasteiger partial charge in [-0.15, -0.1) is 17.9 Å². The number of Topliss-reactive ketones (excluding diaryl/α,β-unsaturated/α-hetero) is 1. The second kappa shape index (κ2) is 17.1. The zero-order valence-corrected chi connectivity index (χ0v) is 35.9. The van der Waals surface area contributed by atoms with E-state index in [1.165, 1.54) is 22.3 Å². The molecule has 0 radical (unpaired) electrons. The standard InChI is InChI=1S/C42H56N5O9PS/c1-8-25-19-42(25,57(52,53)22-37(43)49)20-35(48)34-16-28(21-47(34)39(51)30(41(4,5)6)17-38(50)56-26-11-9-10-12-26)55-36-18-32(33-23-58-40(46-33)44-24(2)3)45-31-15-27(54-7)13-14-29(31)36/h8,13-15,18,23-26,28,30,34H,1,9-12,16-17,19-22H2,2-7H3,(H2,43,49)(H,44,46)(H,52,53)/t25-,28-,30-,34+,42-/m1/s1. The Balaban J connectivity index is 1.35. The van der Waals surface area contributed by atoms with E-state index in [0.717, 1.165) is 30.8 Å². The summed E-state index contributed by atoms with van der Waals surface area (Å²) in [4.78, 5) is 76.9. The first kappa shape index (κ1) is 43.3. The number of carbonyl (C=O) groups excluding carboxylic acids is 4. The fraction of sp³-hybridized carbons (Fsp3) is 0.571. The number of fused-ring (bicyclic) bond motifs is 1. The summed E-state index contributed by atoms with van der Waals surface area (Å²) < 4.78 is 31.7. The van der Waals surface area contributed by atoms with Gasteiger partial charge in [0.25, 0.3) is 0 Å². The molecule has 14 nitrogen and oxygen atoms in total. The molecule has 1 aliphatic heterocycles. The van der Waals surface area contributed by atoms with Gasteiger partial charge in [0.1, 0.15) is 35.6 Å². The van der Waals surface area contributed by atoms with Crippen LogP contribution >= 0.6 is 18.7 Å². The minimum atomic E-state index is -4.26. The zero-order chi connectivity index (χ0) is 42.2. The first-order chi connectivity index (χ1) is 27.3. The highest BCUT2D eigenvalue weighted by Gasteiger charge is 2.65. The summed E-state index contributed by atoms with van der Waals surface area (Å²) in [6.07, 6.45) is 3.14. The Morgan fingerprint density at radius 3 is 2.48 bits per heavy atom. The highest BCUT2D eigenvalue weighted by Crippen LogP contribution is 2.72. The van der Waals surface area contributed by atoms with Crippen molar-refractivity contribution in [2.45, 2.75) is 115 Å². The summed E-state index contributed by atoms with van der Waals surface area (Å²) in [6, 6.07) is 6.34. The number of likely N-dealkylation sites (tertiary alicyclic amines) is 1. The first-order valence-electron chi connectivity index (χ1n) is 20.0. The Labute approximate surface area is 343 Å². The lowest BCUT2D eigenvalue weighted by molar-refractivity contribution is -0.156. The maximum absolute atomic E-state index is 14.8. The summed E-state index contributed by atoms with van der Waals surface area (Å²) in [5.74, 6) is -2.54. The van der Waals surface area contributed by atoms with Gasteiger partial charge in [-0.3, -0.25) is 23.7 Å². The van der Waals surface area contributed by atoms with Crippen molar-refractivity contribution >= 4 is 58.3 Å². The van der Waals surface area contributed by atoms with Gasteiger partial charge in [-0.25, -0.2) is 9.97 Å². The first-order valence-corrected chi connectivity index (χ1v) is 22.7. The predicted molar refractivity (Wildman–Crippen MR) is 223 cm³/mol. The number of nitrogens with one attached hydrogen (secondary N) is 1. The third-order valence-corrected chi connectivity index (χ3v) is 15.2. The normalized spacial score (nSPS) is 23.7. The van der Waals surface area contributed by atoms with E-state index < -0.39 is 71.7 Å². The molecule has 16 heteroatoms. The Morgan fingerprint density at radius 1 is 1.14 bits per heavy atom. The topological polar surface area (TPSA) is 200 Å². The summed E-state index contributed by atoms with van der Waals surface area (Å²) >= 11 is 1.45. The molecule has 2 amide bonds. The molecular weight excluding hydrogens is 782 g/mol. The van der Waals surface area contributed by atoms with E-state index in [1.807, 2.05) is 46.1 Å². The van der Waals surface area contributed by atoms with E-state index >= 15 is 0 Å². The Morgan fingerprint density at radius 2 is 1.86 bits per heavy atom. The number of amides is 2. The monoisotopic (exact) mass is 837 g/mol. The van der Waals surface area contributed by atoms with Crippen LogP contribution < -0.4 is 20.5 Å². The van der Waals surface area contributed by atoms with E-state index in [-0.39, 0.29) is 44.4 Å². The van der Waals surface area contributed by atoms with Crippen molar-refractivity contribution < 1.29 is 42.8 Å². The van der Waals surface area contributed by atoms with E-state index in [4.69, 9.17) is 29.9 Å². The van der Waals surface area contributed by atoms with E-state index in [0.29, 0.717) is 33.8 Å². The highest BCUT2D eigenvalue weighted by atomic mass is 32.1. The number of nitrogens with two attached hydrogens (primary N) is 1. The number of esters is 1. The van der Waals surface area contributed by atoms with Crippen molar-refractivity contribution in [3.05, 3.63) is 42.3 Å². The number of methoxy groups -OCH3 is 1. The molecule has 58 heavy (non-hydrogen) atoms. The van der Waals surface area contributed by atoms with Gasteiger partial charge in [0.05, 0.1) is 48.4 Å².